The minimum Gasteiger partial charge on any atom is -0.338 e. The van der Waals surface area contributed by atoms with E-state index >= 15 is 0 Å². The van der Waals surface area contributed by atoms with Gasteiger partial charge in [0.1, 0.15) is 0 Å². The second-order valence-electron chi connectivity index (χ2n) is 9.20. The van der Waals surface area contributed by atoms with Crippen LogP contribution in [0.2, 0.25) is 0 Å². The molecule has 0 aromatic carbocycles. The van der Waals surface area contributed by atoms with Crippen LogP contribution in [0.3, 0.4) is 0 Å². The van der Waals surface area contributed by atoms with Gasteiger partial charge in [-0.25, -0.2) is 9.67 Å². The number of carbonyl (C=O) groups is 1. The number of likely N-dealkylation sites (tertiary alicyclic amines) is 1. The number of hydrogen-bond donors (Lipinski definition) is 1. The predicted molar refractivity (Wildman–Crippen MR) is 107 cm³/mol. The highest BCUT2D eigenvalue weighted by Crippen LogP contribution is 2.41. The van der Waals surface area contributed by atoms with E-state index in [4.69, 9.17) is 10.1 Å². The van der Waals surface area contributed by atoms with Gasteiger partial charge < -0.3 is 10.2 Å². The van der Waals surface area contributed by atoms with Crippen molar-refractivity contribution < 1.29 is 4.79 Å². The molecule has 0 spiro atoms. The maximum Gasteiger partial charge on any atom is 0.254 e. The van der Waals surface area contributed by atoms with Crippen LogP contribution in [0, 0.1) is 12.8 Å². The molecule has 2 aromatic heterocycles. The van der Waals surface area contributed by atoms with Crippen molar-refractivity contribution in [3.63, 3.8) is 0 Å². The van der Waals surface area contributed by atoms with Crippen molar-refractivity contribution in [3.05, 3.63) is 23.0 Å². The van der Waals surface area contributed by atoms with Gasteiger partial charge in [-0.2, -0.15) is 5.10 Å². The maximum absolute atomic E-state index is 13.5. The van der Waals surface area contributed by atoms with Crippen molar-refractivity contribution in [2.75, 3.05) is 26.7 Å². The molecule has 27 heavy (non-hydrogen) atoms. The van der Waals surface area contributed by atoms with Crippen LogP contribution < -0.4 is 5.32 Å². The van der Waals surface area contributed by atoms with Crippen LogP contribution in [0.4, 0.5) is 0 Å². The highest BCUT2D eigenvalue weighted by atomic mass is 16.2. The third-order valence-electron chi connectivity index (χ3n) is 5.76. The molecule has 2 aromatic rings. The first-order chi connectivity index (χ1) is 12.8. The predicted octanol–water partition coefficient (Wildman–Crippen LogP) is 3.05. The number of nitrogens with zero attached hydrogens (tertiary/aromatic N) is 4. The Hall–Kier alpha value is -1.95. The van der Waals surface area contributed by atoms with Gasteiger partial charge in [0.05, 0.1) is 22.2 Å². The van der Waals surface area contributed by atoms with E-state index < -0.39 is 0 Å². The standard InChI is InChI=1S/C21H31N5O/c1-13-18-16(20(27)25-9-8-14(12-25)11-22-5)10-17(15-6-7-15)23-19(18)26(24-13)21(2,3)4/h10,14-15,22H,6-9,11-12H2,1-5H3. The van der Waals surface area contributed by atoms with Gasteiger partial charge >= 0.3 is 0 Å². The summed E-state index contributed by atoms with van der Waals surface area (Å²) in [6.07, 6.45) is 3.40. The first-order valence-electron chi connectivity index (χ1n) is 10.1. The molecule has 1 atom stereocenters. The van der Waals surface area contributed by atoms with Crippen LogP contribution in [0.15, 0.2) is 6.07 Å². The summed E-state index contributed by atoms with van der Waals surface area (Å²) in [4.78, 5) is 20.4. The number of aromatic nitrogens is 3. The van der Waals surface area contributed by atoms with Gasteiger partial charge in [0.25, 0.3) is 5.91 Å². The molecule has 1 saturated carbocycles. The lowest BCUT2D eigenvalue weighted by Crippen LogP contribution is -2.30. The summed E-state index contributed by atoms with van der Waals surface area (Å²) in [7, 11) is 1.98. The molecular weight excluding hydrogens is 338 g/mol. The zero-order chi connectivity index (χ0) is 19.3. The Bertz CT molecular complexity index is 875. The second-order valence-corrected chi connectivity index (χ2v) is 9.20. The summed E-state index contributed by atoms with van der Waals surface area (Å²) >= 11 is 0. The molecule has 4 rings (SSSR count). The van der Waals surface area contributed by atoms with Crippen LogP contribution in [-0.4, -0.2) is 52.3 Å². The first kappa shape index (κ1) is 18.4. The number of nitrogens with one attached hydrogen (secondary N) is 1. The minimum atomic E-state index is -0.173. The van der Waals surface area contributed by atoms with Crippen molar-refractivity contribution in [3.8, 4) is 0 Å². The van der Waals surface area contributed by atoms with Gasteiger partial charge in [-0.1, -0.05) is 0 Å². The molecule has 6 nitrogen and oxygen atoms in total. The van der Waals surface area contributed by atoms with E-state index in [0.29, 0.717) is 11.8 Å². The van der Waals surface area contributed by atoms with Crippen LogP contribution in [0.25, 0.3) is 11.0 Å². The van der Waals surface area contributed by atoms with E-state index in [1.807, 2.05) is 23.6 Å². The molecule has 1 amide bonds. The molecule has 1 unspecified atom stereocenters. The number of aryl methyl sites for hydroxylation is 1. The molecule has 1 aliphatic heterocycles. The summed E-state index contributed by atoms with van der Waals surface area (Å²) in [6, 6.07) is 2.05. The Morgan fingerprint density at radius 3 is 2.67 bits per heavy atom. The van der Waals surface area contributed by atoms with Crippen molar-refractivity contribution >= 4 is 16.9 Å². The first-order valence-corrected chi connectivity index (χ1v) is 10.1. The van der Waals surface area contributed by atoms with Gasteiger partial charge in [0.2, 0.25) is 0 Å². The summed E-state index contributed by atoms with van der Waals surface area (Å²) in [5.74, 6) is 1.18. The topological polar surface area (TPSA) is 63.1 Å². The largest absolute Gasteiger partial charge is 0.338 e. The van der Waals surface area contributed by atoms with E-state index in [1.54, 1.807) is 0 Å². The zero-order valence-electron chi connectivity index (χ0n) is 17.2. The average molecular weight is 370 g/mol. The third kappa shape index (κ3) is 3.35. The van der Waals surface area contributed by atoms with Crippen molar-refractivity contribution in [1.29, 1.82) is 0 Å². The average Bonchev–Trinajstić information content (AvgIpc) is 3.26. The Kier molecular flexibility index (Phi) is 4.49. The molecule has 0 bridgehead atoms. The maximum atomic E-state index is 13.5. The lowest BCUT2D eigenvalue weighted by atomic mass is 10.1. The van der Waals surface area contributed by atoms with E-state index in [9.17, 15) is 4.79 Å². The van der Waals surface area contributed by atoms with Crippen LogP contribution in [0.5, 0.6) is 0 Å². The lowest BCUT2D eigenvalue weighted by Gasteiger charge is -2.21. The third-order valence-corrected chi connectivity index (χ3v) is 5.76. The van der Waals surface area contributed by atoms with Gasteiger partial charge in [-0.3, -0.25) is 4.79 Å². The van der Waals surface area contributed by atoms with Gasteiger partial charge in [0, 0.05) is 24.7 Å². The Labute approximate surface area is 161 Å². The van der Waals surface area contributed by atoms with Crippen LogP contribution in [0.1, 0.15) is 67.7 Å². The van der Waals surface area contributed by atoms with E-state index in [2.05, 4.69) is 32.2 Å². The Morgan fingerprint density at radius 1 is 1.30 bits per heavy atom. The van der Waals surface area contributed by atoms with Crippen molar-refractivity contribution in [1.82, 2.24) is 25.0 Å². The fourth-order valence-corrected chi connectivity index (χ4v) is 4.18. The molecule has 1 saturated heterocycles. The lowest BCUT2D eigenvalue weighted by molar-refractivity contribution is 0.0789. The Morgan fingerprint density at radius 2 is 2.04 bits per heavy atom. The number of hydrogen-bond acceptors (Lipinski definition) is 4. The van der Waals surface area contributed by atoms with Crippen molar-refractivity contribution in [2.45, 2.75) is 58.4 Å². The SMILES string of the molecule is CNCC1CCN(C(=O)c2cc(C3CC3)nc3c2c(C)nn3C(C)(C)C)C1. The normalized spacial score (nSPS) is 20.6. The molecule has 2 fully saturated rings. The Balaban J connectivity index is 1.80. The molecular formula is C21H31N5O. The molecule has 0 radical (unpaired) electrons. The van der Waals surface area contributed by atoms with Gasteiger partial charge in [-0.05, 0) is 72.5 Å². The quantitative estimate of drug-likeness (QED) is 0.900. The molecule has 3 heterocycles. The summed E-state index contributed by atoms with van der Waals surface area (Å²) in [6.45, 7) is 11.0. The molecule has 146 valence electrons. The van der Waals surface area contributed by atoms with Gasteiger partial charge in [-0.15, -0.1) is 0 Å². The fourth-order valence-electron chi connectivity index (χ4n) is 4.18. The molecule has 2 aliphatic rings. The summed E-state index contributed by atoms with van der Waals surface area (Å²) in [5.41, 5.74) is 3.43. The summed E-state index contributed by atoms with van der Waals surface area (Å²) < 4.78 is 1.99. The monoisotopic (exact) mass is 369 g/mol. The highest BCUT2D eigenvalue weighted by Gasteiger charge is 2.33. The van der Waals surface area contributed by atoms with E-state index in [-0.39, 0.29) is 11.4 Å². The summed E-state index contributed by atoms with van der Waals surface area (Å²) in [5, 5.41) is 8.94. The van der Waals surface area contributed by atoms with Crippen LogP contribution in [-0.2, 0) is 5.54 Å². The van der Waals surface area contributed by atoms with Crippen molar-refractivity contribution in [2.24, 2.45) is 5.92 Å². The van der Waals surface area contributed by atoms with E-state index in [1.165, 1.54) is 12.8 Å². The van der Waals surface area contributed by atoms with Crippen LogP contribution >= 0.6 is 0 Å². The molecule has 1 aliphatic carbocycles. The van der Waals surface area contributed by atoms with Gasteiger partial charge in [0.15, 0.2) is 5.65 Å². The number of amides is 1. The second kappa shape index (κ2) is 6.59. The molecule has 6 heteroatoms. The highest BCUT2D eigenvalue weighted by molar-refractivity contribution is 6.06. The number of carbonyl (C=O) groups excluding carboxylic acids is 1. The van der Waals surface area contributed by atoms with E-state index in [0.717, 1.165) is 54.0 Å². The smallest absolute Gasteiger partial charge is 0.254 e. The zero-order valence-corrected chi connectivity index (χ0v) is 17.2. The minimum absolute atomic E-state index is 0.138. The number of fused-ring (bicyclic) bond motifs is 1. The molecule has 1 N–H and O–H groups in total. The number of rotatable bonds is 4. The number of pyridine rings is 1. The fraction of sp³-hybridized carbons (Fsp3) is 0.667.